The molecule has 272 valence electrons. The van der Waals surface area contributed by atoms with Gasteiger partial charge < -0.3 is 24.6 Å². The minimum Gasteiger partial charge on any atom is -0.462 e. The van der Waals surface area contributed by atoms with Crippen molar-refractivity contribution < 1.29 is 47.8 Å². The number of carbonyl (C=O) groups is 2. The summed E-state index contributed by atoms with van der Waals surface area (Å²) in [4.78, 5) is 34.7. The maximum absolute atomic E-state index is 12.5. The van der Waals surface area contributed by atoms with E-state index in [1.54, 1.807) is 0 Å². The van der Waals surface area contributed by atoms with Crippen molar-refractivity contribution in [2.75, 3.05) is 26.4 Å². The zero-order chi connectivity index (χ0) is 34.1. The average Bonchev–Trinajstić information content (AvgIpc) is 3.04. The molecule has 0 aromatic rings. The second kappa shape index (κ2) is 32.3. The Labute approximate surface area is 279 Å². The van der Waals surface area contributed by atoms with Crippen LogP contribution in [0.2, 0.25) is 0 Å². The maximum Gasteiger partial charge on any atom is 0.472 e. The minimum atomic E-state index is -4.60. The lowest BCUT2D eigenvalue weighted by molar-refractivity contribution is -0.161. The molecule has 0 fully saturated rings. The molecule has 11 heteroatoms. The predicted molar refractivity (Wildman–Crippen MR) is 182 cm³/mol. The number of aliphatic hydroxyl groups excluding tert-OH is 2. The van der Waals surface area contributed by atoms with Gasteiger partial charge in [0.2, 0.25) is 0 Å². The molecule has 3 N–H and O–H groups in total. The quantitative estimate of drug-likeness (QED) is 0.0262. The lowest BCUT2D eigenvalue weighted by Gasteiger charge is -2.20. The van der Waals surface area contributed by atoms with E-state index in [0.29, 0.717) is 12.8 Å². The molecule has 0 rings (SSSR count). The van der Waals surface area contributed by atoms with E-state index in [9.17, 15) is 24.2 Å². The summed E-state index contributed by atoms with van der Waals surface area (Å²) in [5.74, 6) is -0.934. The van der Waals surface area contributed by atoms with Crippen molar-refractivity contribution in [1.82, 2.24) is 0 Å². The van der Waals surface area contributed by atoms with Crippen molar-refractivity contribution in [3.05, 3.63) is 12.2 Å². The Morgan fingerprint density at radius 2 is 1.07 bits per heavy atom. The van der Waals surface area contributed by atoms with E-state index in [-0.39, 0.29) is 19.4 Å². The van der Waals surface area contributed by atoms with Crippen LogP contribution in [0.1, 0.15) is 162 Å². The molecule has 0 spiro atoms. The van der Waals surface area contributed by atoms with Crippen molar-refractivity contribution >= 4 is 19.8 Å². The number of unbranched alkanes of at least 4 members (excludes halogenated alkanes) is 18. The summed E-state index contributed by atoms with van der Waals surface area (Å²) in [6.07, 6.45) is 26.1. The fourth-order valence-corrected chi connectivity index (χ4v) is 5.60. The van der Waals surface area contributed by atoms with Crippen LogP contribution >= 0.6 is 7.82 Å². The summed E-state index contributed by atoms with van der Waals surface area (Å²) >= 11 is 0. The summed E-state index contributed by atoms with van der Waals surface area (Å²) in [6, 6.07) is 0. The number of hydrogen-bond donors (Lipinski definition) is 3. The van der Waals surface area contributed by atoms with Crippen LogP contribution in [0.25, 0.3) is 0 Å². The highest BCUT2D eigenvalue weighted by Gasteiger charge is 2.27. The molecule has 0 amide bonds. The summed E-state index contributed by atoms with van der Waals surface area (Å²) < 4.78 is 32.5. The van der Waals surface area contributed by atoms with E-state index in [1.165, 1.54) is 64.2 Å². The van der Waals surface area contributed by atoms with E-state index in [4.69, 9.17) is 19.1 Å². The van der Waals surface area contributed by atoms with E-state index in [2.05, 4.69) is 30.5 Å². The van der Waals surface area contributed by atoms with Crippen molar-refractivity contribution in [1.29, 1.82) is 0 Å². The normalized spacial score (nSPS) is 14.3. The van der Waals surface area contributed by atoms with Crippen LogP contribution in [0.3, 0.4) is 0 Å². The smallest absolute Gasteiger partial charge is 0.462 e. The van der Waals surface area contributed by atoms with Gasteiger partial charge in [0.15, 0.2) is 6.10 Å². The average molecular weight is 679 g/mol. The molecule has 0 radical (unpaired) electrons. The van der Waals surface area contributed by atoms with Gasteiger partial charge in [-0.15, -0.1) is 0 Å². The van der Waals surface area contributed by atoms with Gasteiger partial charge in [0.05, 0.1) is 19.8 Å². The third-order valence-corrected chi connectivity index (χ3v) is 8.62. The molecule has 0 bridgehead atoms. The third-order valence-electron chi connectivity index (χ3n) is 7.67. The highest BCUT2D eigenvalue weighted by atomic mass is 31.2. The minimum absolute atomic E-state index is 0.187. The Balaban J connectivity index is 4.40. The Morgan fingerprint density at radius 3 is 1.61 bits per heavy atom. The number of ether oxygens (including phenoxy) is 2. The Bertz CT molecular complexity index is 791. The number of aliphatic hydroxyl groups is 2. The molecule has 0 aliphatic carbocycles. The van der Waals surface area contributed by atoms with Crippen molar-refractivity contribution in [2.24, 2.45) is 0 Å². The van der Waals surface area contributed by atoms with Gasteiger partial charge in [-0.1, -0.05) is 122 Å². The summed E-state index contributed by atoms with van der Waals surface area (Å²) in [6.45, 7) is 2.32. The Hall–Kier alpha value is -1.29. The van der Waals surface area contributed by atoms with Gasteiger partial charge in [0.25, 0.3) is 0 Å². The topological polar surface area (TPSA) is 149 Å². The molecule has 1 unspecified atom stereocenters. The van der Waals surface area contributed by atoms with Gasteiger partial charge in [-0.3, -0.25) is 18.6 Å². The number of rotatable bonds is 34. The van der Waals surface area contributed by atoms with Gasteiger partial charge in [-0.05, 0) is 38.5 Å². The maximum atomic E-state index is 12.5. The lowest BCUT2D eigenvalue weighted by Crippen LogP contribution is -2.29. The van der Waals surface area contributed by atoms with Gasteiger partial charge >= 0.3 is 19.8 Å². The first kappa shape index (κ1) is 44.7. The Morgan fingerprint density at radius 1 is 0.630 bits per heavy atom. The standard InChI is InChI=1S/C35H67O10P/c1-3-5-7-9-11-13-15-17-18-20-22-24-26-34(38)42-30-33(31-44-46(40,41)43-29-32(37)28-36)45-35(39)27-25-23-21-19-16-14-12-10-8-6-4-2/h11,13,32-33,36-37H,3-10,12,14-31H2,1-2H3,(H,40,41)/b13-11-/t32-,33+/m0/s1. The molecule has 46 heavy (non-hydrogen) atoms. The zero-order valence-corrected chi connectivity index (χ0v) is 29.9. The summed E-state index contributed by atoms with van der Waals surface area (Å²) in [5.41, 5.74) is 0. The number of phosphoric ester groups is 1. The molecule has 0 saturated carbocycles. The first-order valence-electron chi connectivity index (χ1n) is 18.1. The SMILES string of the molecule is CCCCC/C=C\CCCCCCCC(=O)OC[C@H](COP(=O)(O)OC[C@@H](O)CO)OC(=O)CCCCCCCCCCCCC. The summed E-state index contributed by atoms with van der Waals surface area (Å²) in [7, 11) is -4.60. The van der Waals surface area contributed by atoms with Crippen LogP contribution in [0, 0.1) is 0 Å². The molecule has 0 heterocycles. The van der Waals surface area contributed by atoms with E-state index in [1.807, 2.05) is 0 Å². The fraction of sp³-hybridized carbons (Fsp3) is 0.886. The van der Waals surface area contributed by atoms with Gasteiger partial charge in [-0.2, -0.15) is 0 Å². The Kier molecular flexibility index (Phi) is 31.4. The monoisotopic (exact) mass is 678 g/mol. The van der Waals surface area contributed by atoms with Gasteiger partial charge in [0, 0.05) is 12.8 Å². The molecule has 0 saturated heterocycles. The summed E-state index contributed by atoms with van der Waals surface area (Å²) in [5, 5.41) is 18.2. The molecular formula is C35H67O10P. The van der Waals surface area contributed by atoms with Crippen molar-refractivity contribution in [2.45, 2.75) is 174 Å². The largest absolute Gasteiger partial charge is 0.472 e. The molecule has 0 aliphatic rings. The first-order valence-corrected chi connectivity index (χ1v) is 19.6. The third kappa shape index (κ3) is 31.3. The van der Waals surface area contributed by atoms with Crippen LogP contribution in [0.5, 0.6) is 0 Å². The molecule has 3 atom stereocenters. The molecule has 0 aromatic heterocycles. The fourth-order valence-electron chi connectivity index (χ4n) is 4.81. The van der Waals surface area contributed by atoms with Gasteiger partial charge in [-0.25, -0.2) is 4.57 Å². The highest BCUT2D eigenvalue weighted by molar-refractivity contribution is 7.47. The number of esters is 2. The van der Waals surface area contributed by atoms with Crippen LogP contribution in [-0.2, 0) is 32.7 Å². The second-order valence-corrected chi connectivity index (χ2v) is 13.7. The van der Waals surface area contributed by atoms with E-state index >= 15 is 0 Å². The first-order chi connectivity index (χ1) is 22.2. The van der Waals surface area contributed by atoms with Gasteiger partial charge in [0.1, 0.15) is 12.7 Å². The zero-order valence-electron chi connectivity index (χ0n) is 29.0. The highest BCUT2D eigenvalue weighted by Crippen LogP contribution is 2.43. The molecule has 0 aromatic carbocycles. The number of hydrogen-bond acceptors (Lipinski definition) is 9. The van der Waals surface area contributed by atoms with Crippen LogP contribution in [0.4, 0.5) is 0 Å². The second-order valence-electron chi connectivity index (χ2n) is 12.3. The number of allylic oxidation sites excluding steroid dienone is 2. The van der Waals surface area contributed by atoms with E-state index < -0.39 is 51.8 Å². The lowest BCUT2D eigenvalue weighted by atomic mass is 10.1. The number of phosphoric acid groups is 1. The predicted octanol–water partition coefficient (Wildman–Crippen LogP) is 8.50. The van der Waals surface area contributed by atoms with Crippen LogP contribution in [0.15, 0.2) is 12.2 Å². The molecule has 0 aliphatic heterocycles. The van der Waals surface area contributed by atoms with Crippen LogP contribution in [-0.4, -0.2) is 65.7 Å². The molecule has 10 nitrogen and oxygen atoms in total. The van der Waals surface area contributed by atoms with Crippen molar-refractivity contribution in [3.8, 4) is 0 Å². The number of carbonyl (C=O) groups excluding carboxylic acids is 2. The van der Waals surface area contributed by atoms with Crippen molar-refractivity contribution in [3.63, 3.8) is 0 Å². The van der Waals surface area contributed by atoms with Crippen LogP contribution < -0.4 is 0 Å². The molecular weight excluding hydrogens is 611 g/mol. The van der Waals surface area contributed by atoms with E-state index in [0.717, 1.165) is 57.8 Å².